The lowest BCUT2D eigenvalue weighted by Gasteiger charge is -2.26. The highest BCUT2D eigenvalue weighted by atomic mass is 16.3. The van der Waals surface area contributed by atoms with E-state index in [1.165, 1.54) is 12.4 Å². The van der Waals surface area contributed by atoms with Gasteiger partial charge in [0.15, 0.2) is 0 Å². The van der Waals surface area contributed by atoms with Crippen LogP contribution in [0.15, 0.2) is 32.9 Å². The Bertz CT molecular complexity index is 923. The molecule has 0 spiro atoms. The normalized spacial score (nSPS) is 12.7. The molecule has 134 valence electrons. The van der Waals surface area contributed by atoms with Gasteiger partial charge in [-0.2, -0.15) is 0 Å². The van der Waals surface area contributed by atoms with Crippen LogP contribution >= 0.6 is 0 Å². The maximum atomic E-state index is 11.7. The summed E-state index contributed by atoms with van der Waals surface area (Å²) in [6, 6.07) is 3.88. The van der Waals surface area contributed by atoms with E-state index in [2.05, 4.69) is 35.7 Å². The van der Waals surface area contributed by atoms with Crippen LogP contribution in [-0.4, -0.2) is 21.3 Å². The third kappa shape index (κ3) is 4.26. The van der Waals surface area contributed by atoms with E-state index in [1.807, 2.05) is 32.9 Å². The van der Waals surface area contributed by atoms with Crippen molar-refractivity contribution in [1.82, 2.24) is 9.97 Å². The summed E-state index contributed by atoms with van der Waals surface area (Å²) in [6.07, 6.45) is 2.69. The van der Waals surface area contributed by atoms with Gasteiger partial charge in [-0.1, -0.05) is 47.6 Å². The lowest BCUT2D eigenvalue weighted by molar-refractivity contribution is 0.444. The number of aliphatic imine (C=N–C) groups is 1. The Morgan fingerprint density at radius 1 is 1.04 bits per heavy atom. The number of aromatic nitrogens is 2. The average Bonchev–Trinajstić information content (AvgIpc) is 2.45. The van der Waals surface area contributed by atoms with Crippen molar-refractivity contribution in [1.29, 1.82) is 0 Å². The van der Waals surface area contributed by atoms with Gasteiger partial charge in [-0.15, -0.1) is 0 Å². The molecule has 0 amide bonds. The molecule has 6 heteroatoms. The van der Waals surface area contributed by atoms with Gasteiger partial charge in [-0.05, 0) is 22.5 Å². The molecule has 3 N–H and O–H groups in total. The summed E-state index contributed by atoms with van der Waals surface area (Å²) in [6.45, 7) is 12.4. The van der Waals surface area contributed by atoms with Crippen LogP contribution in [0.3, 0.4) is 0 Å². The zero-order valence-electron chi connectivity index (χ0n) is 15.5. The fourth-order valence-corrected chi connectivity index (χ4v) is 2.40. The molecule has 0 saturated carbocycles. The van der Waals surface area contributed by atoms with Crippen LogP contribution in [0.25, 0.3) is 0 Å². The van der Waals surface area contributed by atoms with Crippen molar-refractivity contribution < 1.29 is 5.11 Å². The zero-order valence-corrected chi connectivity index (χ0v) is 15.5. The number of H-pyrrole nitrogens is 2. The number of phenolic OH excluding ortho intramolecular Hbond substituents is 1. The minimum Gasteiger partial charge on any atom is -0.507 e. The number of phenols is 1. The SMILES string of the molecule is CC(C)(C)c1cc(C=Nc2c[nH]c(=O)[nH]c2=O)c(O)c(C(C)(C)C)c1. The predicted molar refractivity (Wildman–Crippen MR) is 100 cm³/mol. The summed E-state index contributed by atoms with van der Waals surface area (Å²) in [4.78, 5) is 31.4. The first-order valence-corrected chi connectivity index (χ1v) is 8.13. The topological polar surface area (TPSA) is 98.3 Å². The third-order valence-corrected chi connectivity index (χ3v) is 3.96. The number of benzene rings is 1. The number of hydrogen-bond donors (Lipinski definition) is 3. The molecule has 0 saturated heterocycles. The van der Waals surface area contributed by atoms with Crippen LogP contribution in [-0.2, 0) is 10.8 Å². The first-order chi connectivity index (χ1) is 11.4. The molecule has 2 rings (SSSR count). The Morgan fingerprint density at radius 3 is 2.20 bits per heavy atom. The molecule has 1 heterocycles. The molecule has 6 nitrogen and oxygen atoms in total. The van der Waals surface area contributed by atoms with Crippen molar-refractivity contribution in [2.24, 2.45) is 4.99 Å². The van der Waals surface area contributed by atoms with E-state index in [-0.39, 0.29) is 22.3 Å². The van der Waals surface area contributed by atoms with E-state index in [9.17, 15) is 14.7 Å². The van der Waals surface area contributed by atoms with E-state index < -0.39 is 11.2 Å². The van der Waals surface area contributed by atoms with Gasteiger partial charge >= 0.3 is 5.69 Å². The molecule has 0 aliphatic carbocycles. The van der Waals surface area contributed by atoms with Gasteiger partial charge in [0.25, 0.3) is 5.56 Å². The van der Waals surface area contributed by atoms with Gasteiger partial charge in [0, 0.05) is 23.5 Å². The van der Waals surface area contributed by atoms with Crippen molar-refractivity contribution >= 4 is 11.9 Å². The molecule has 0 radical (unpaired) electrons. The summed E-state index contributed by atoms with van der Waals surface area (Å²) in [7, 11) is 0. The summed E-state index contributed by atoms with van der Waals surface area (Å²) in [5.41, 5.74) is 0.957. The summed E-state index contributed by atoms with van der Waals surface area (Å²) >= 11 is 0. The van der Waals surface area contributed by atoms with Crippen molar-refractivity contribution in [3.63, 3.8) is 0 Å². The van der Waals surface area contributed by atoms with Gasteiger partial charge in [0.05, 0.1) is 0 Å². The molecule has 1 aromatic heterocycles. The fourth-order valence-electron chi connectivity index (χ4n) is 2.40. The fraction of sp³-hybridized carbons (Fsp3) is 0.421. The van der Waals surface area contributed by atoms with Crippen LogP contribution in [0.1, 0.15) is 58.2 Å². The van der Waals surface area contributed by atoms with E-state index >= 15 is 0 Å². The molecule has 0 fully saturated rings. The van der Waals surface area contributed by atoms with Gasteiger partial charge < -0.3 is 10.1 Å². The molecular weight excluding hydrogens is 318 g/mol. The molecule has 0 bridgehead atoms. The van der Waals surface area contributed by atoms with Crippen LogP contribution in [0.5, 0.6) is 5.75 Å². The van der Waals surface area contributed by atoms with Crippen LogP contribution in [0.2, 0.25) is 0 Å². The minimum atomic E-state index is -0.587. The van der Waals surface area contributed by atoms with Gasteiger partial charge in [-0.3, -0.25) is 9.78 Å². The molecule has 1 aromatic carbocycles. The maximum Gasteiger partial charge on any atom is 0.325 e. The molecule has 0 atom stereocenters. The number of rotatable bonds is 2. The van der Waals surface area contributed by atoms with Gasteiger partial charge in [-0.25, -0.2) is 9.79 Å². The highest BCUT2D eigenvalue weighted by Crippen LogP contribution is 2.37. The lowest BCUT2D eigenvalue weighted by Crippen LogP contribution is -2.20. The molecule has 0 unspecified atom stereocenters. The van der Waals surface area contributed by atoms with Crippen molar-refractivity contribution in [2.75, 3.05) is 0 Å². The predicted octanol–water partition coefficient (Wildman–Crippen LogP) is 3.11. The summed E-state index contributed by atoms with van der Waals surface area (Å²) < 4.78 is 0. The second-order valence-corrected chi connectivity index (χ2v) is 8.18. The highest BCUT2D eigenvalue weighted by Gasteiger charge is 2.24. The van der Waals surface area contributed by atoms with Crippen molar-refractivity contribution in [2.45, 2.75) is 52.4 Å². The summed E-state index contributed by atoms with van der Waals surface area (Å²) in [5.74, 6) is 0.144. The van der Waals surface area contributed by atoms with Gasteiger partial charge in [0.2, 0.25) is 0 Å². The van der Waals surface area contributed by atoms with Crippen LogP contribution in [0.4, 0.5) is 5.69 Å². The minimum absolute atomic E-state index is 0.0671. The monoisotopic (exact) mass is 343 g/mol. The third-order valence-electron chi connectivity index (χ3n) is 3.96. The van der Waals surface area contributed by atoms with E-state index in [0.717, 1.165) is 11.1 Å². The van der Waals surface area contributed by atoms with Crippen molar-refractivity contribution in [3.05, 3.63) is 55.9 Å². The van der Waals surface area contributed by atoms with Crippen LogP contribution in [0, 0.1) is 0 Å². The number of aromatic amines is 2. The molecule has 0 aliphatic heterocycles. The molecule has 25 heavy (non-hydrogen) atoms. The van der Waals surface area contributed by atoms with E-state index in [1.54, 1.807) is 0 Å². The molecule has 0 aliphatic rings. The Labute approximate surface area is 146 Å². The second-order valence-electron chi connectivity index (χ2n) is 8.18. The highest BCUT2D eigenvalue weighted by molar-refractivity contribution is 5.86. The quantitative estimate of drug-likeness (QED) is 0.731. The number of nitrogens with zero attached hydrogens (tertiary/aromatic N) is 1. The van der Waals surface area contributed by atoms with Crippen molar-refractivity contribution in [3.8, 4) is 5.75 Å². The first kappa shape index (κ1) is 18.7. The average molecular weight is 343 g/mol. The molecule has 2 aromatic rings. The van der Waals surface area contributed by atoms with E-state index in [0.29, 0.717) is 5.56 Å². The largest absolute Gasteiger partial charge is 0.507 e. The Kier molecular flexibility index (Phi) is 4.75. The number of aromatic hydroxyl groups is 1. The Balaban J connectivity index is 2.62. The Hall–Kier alpha value is -2.63. The smallest absolute Gasteiger partial charge is 0.325 e. The van der Waals surface area contributed by atoms with E-state index in [4.69, 9.17) is 0 Å². The number of hydrogen-bond acceptors (Lipinski definition) is 4. The second kappa shape index (κ2) is 6.35. The molecular formula is C19H25N3O3. The number of nitrogens with one attached hydrogen (secondary N) is 2. The zero-order chi connectivity index (χ0) is 19.0. The lowest BCUT2D eigenvalue weighted by atomic mass is 9.79. The van der Waals surface area contributed by atoms with Crippen LogP contribution < -0.4 is 11.2 Å². The van der Waals surface area contributed by atoms with Gasteiger partial charge in [0.1, 0.15) is 11.4 Å². The Morgan fingerprint density at radius 2 is 1.68 bits per heavy atom. The summed E-state index contributed by atoms with van der Waals surface area (Å²) in [5, 5.41) is 10.7. The standard InChI is InChI=1S/C19H25N3O3/c1-18(2,3)12-7-11(15(23)13(8-12)19(4,5)6)9-20-14-10-21-17(25)22-16(14)24/h7-10,23H,1-6H3,(H2,21,22,24,25). The first-order valence-electron chi connectivity index (χ1n) is 8.13. The maximum absolute atomic E-state index is 11.7.